The average Bonchev–Trinajstić information content (AvgIpc) is 3.10. The van der Waals surface area contributed by atoms with Gasteiger partial charge in [0.15, 0.2) is 5.69 Å². The topological polar surface area (TPSA) is 38.1 Å². The minimum atomic E-state index is -0.156. The molecular weight excluding hydrogens is 342 g/mol. The summed E-state index contributed by atoms with van der Waals surface area (Å²) in [7, 11) is 0. The van der Waals surface area contributed by atoms with E-state index >= 15 is 0 Å². The lowest BCUT2D eigenvalue weighted by Gasteiger charge is -2.24. The molecule has 2 heterocycles. The fraction of sp³-hybridized carbons (Fsp3) is 0.556. The molecular formula is C18H26ClN3OS. The van der Waals surface area contributed by atoms with Gasteiger partial charge in [0.2, 0.25) is 0 Å². The highest BCUT2D eigenvalue weighted by atomic mass is 35.5. The van der Waals surface area contributed by atoms with Gasteiger partial charge in [0, 0.05) is 17.1 Å². The minimum Gasteiger partial charge on any atom is -0.332 e. The molecule has 24 heavy (non-hydrogen) atoms. The zero-order valence-corrected chi connectivity index (χ0v) is 16.8. The van der Waals surface area contributed by atoms with Gasteiger partial charge in [0.25, 0.3) is 5.91 Å². The van der Waals surface area contributed by atoms with E-state index < -0.39 is 0 Å². The van der Waals surface area contributed by atoms with Crippen LogP contribution in [0.2, 0.25) is 4.34 Å². The van der Waals surface area contributed by atoms with Crippen molar-refractivity contribution in [3.63, 3.8) is 0 Å². The lowest BCUT2D eigenvalue weighted by molar-refractivity contribution is 0.0746. The predicted molar refractivity (Wildman–Crippen MR) is 101 cm³/mol. The SMILES string of the molecule is CCN(Cc1ccc(Cl)s1)C(=O)c1cc(C(C)C)n(C(C)(C)C)n1. The van der Waals surface area contributed by atoms with Crippen molar-refractivity contribution >= 4 is 28.8 Å². The summed E-state index contributed by atoms with van der Waals surface area (Å²) >= 11 is 7.50. The molecule has 0 saturated carbocycles. The van der Waals surface area contributed by atoms with Crippen molar-refractivity contribution in [2.24, 2.45) is 0 Å². The maximum atomic E-state index is 12.9. The van der Waals surface area contributed by atoms with Gasteiger partial charge < -0.3 is 4.90 Å². The molecule has 0 N–H and O–H groups in total. The zero-order valence-electron chi connectivity index (χ0n) is 15.3. The van der Waals surface area contributed by atoms with Gasteiger partial charge >= 0.3 is 0 Å². The van der Waals surface area contributed by atoms with E-state index in [0.717, 1.165) is 14.9 Å². The van der Waals surface area contributed by atoms with E-state index in [1.807, 2.05) is 34.7 Å². The number of amides is 1. The van der Waals surface area contributed by atoms with Crippen LogP contribution >= 0.6 is 22.9 Å². The summed E-state index contributed by atoms with van der Waals surface area (Å²) in [5.41, 5.74) is 1.44. The molecule has 0 atom stereocenters. The zero-order chi connectivity index (χ0) is 18.1. The first-order valence-electron chi connectivity index (χ1n) is 8.27. The molecule has 0 aliphatic heterocycles. The highest BCUT2D eigenvalue weighted by Gasteiger charge is 2.25. The van der Waals surface area contributed by atoms with Crippen LogP contribution in [0.5, 0.6) is 0 Å². The van der Waals surface area contributed by atoms with E-state index in [-0.39, 0.29) is 11.4 Å². The second kappa shape index (κ2) is 7.28. The maximum Gasteiger partial charge on any atom is 0.274 e. The summed E-state index contributed by atoms with van der Waals surface area (Å²) < 4.78 is 2.72. The second-order valence-electron chi connectivity index (χ2n) is 7.22. The molecule has 2 aromatic rings. The molecule has 2 rings (SSSR count). The number of aromatic nitrogens is 2. The van der Waals surface area contributed by atoms with Gasteiger partial charge in [-0.2, -0.15) is 5.10 Å². The van der Waals surface area contributed by atoms with Gasteiger partial charge in [-0.15, -0.1) is 11.3 Å². The number of hydrogen-bond donors (Lipinski definition) is 0. The lowest BCUT2D eigenvalue weighted by atomic mass is 10.1. The number of rotatable bonds is 5. The second-order valence-corrected chi connectivity index (χ2v) is 9.02. The van der Waals surface area contributed by atoms with Crippen molar-refractivity contribution < 1.29 is 4.79 Å². The molecule has 2 aromatic heterocycles. The van der Waals surface area contributed by atoms with E-state index in [4.69, 9.17) is 11.6 Å². The molecule has 6 heteroatoms. The van der Waals surface area contributed by atoms with Crippen LogP contribution in [0.15, 0.2) is 18.2 Å². The normalized spacial score (nSPS) is 12.0. The van der Waals surface area contributed by atoms with Crippen LogP contribution in [0.3, 0.4) is 0 Å². The van der Waals surface area contributed by atoms with Crippen molar-refractivity contribution in [2.75, 3.05) is 6.54 Å². The number of thiophene rings is 1. The number of hydrogen-bond acceptors (Lipinski definition) is 3. The molecule has 0 unspecified atom stereocenters. The Hall–Kier alpha value is -1.33. The Labute approximate surface area is 153 Å². The van der Waals surface area contributed by atoms with E-state index in [9.17, 15) is 4.79 Å². The molecule has 132 valence electrons. The molecule has 0 aliphatic carbocycles. The van der Waals surface area contributed by atoms with Gasteiger partial charge in [0.05, 0.1) is 16.4 Å². The molecule has 4 nitrogen and oxygen atoms in total. The number of carbonyl (C=O) groups excluding carboxylic acids is 1. The van der Waals surface area contributed by atoms with Crippen molar-refractivity contribution in [1.82, 2.24) is 14.7 Å². The largest absolute Gasteiger partial charge is 0.332 e. The van der Waals surface area contributed by atoms with Crippen LogP contribution in [0.4, 0.5) is 0 Å². The van der Waals surface area contributed by atoms with Crippen LogP contribution in [-0.2, 0) is 12.1 Å². The molecule has 0 spiro atoms. The van der Waals surface area contributed by atoms with Crippen molar-refractivity contribution in [3.8, 4) is 0 Å². The third-order valence-electron chi connectivity index (χ3n) is 3.83. The first kappa shape index (κ1) is 19.0. The van der Waals surface area contributed by atoms with Gasteiger partial charge in [-0.1, -0.05) is 25.4 Å². The molecule has 0 aromatic carbocycles. The predicted octanol–water partition coefficient (Wildman–Crippen LogP) is 5.14. The minimum absolute atomic E-state index is 0.0353. The third kappa shape index (κ3) is 4.19. The summed E-state index contributed by atoms with van der Waals surface area (Å²) in [4.78, 5) is 15.8. The van der Waals surface area contributed by atoms with E-state index in [1.54, 1.807) is 0 Å². The number of nitrogens with zero attached hydrogens (tertiary/aromatic N) is 3. The quantitative estimate of drug-likeness (QED) is 0.733. The van der Waals surface area contributed by atoms with Crippen molar-refractivity contribution in [3.05, 3.63) is 38.8 Å². The van der Waals surface area contributed by atoms with E-state index in [1.165, 1.54) is 11.3 Å². The molecule has 0 saturated heterocycles. The van der Waals surface area contributed by atoms with Gasteiger partial charge in [0.1, 0.15) is 0 Å². The fourth-order valence-electron chi connectivity index (χ4n) is 2.56. The molecule has 0 fully saturated rings. The van der Waals surface area contributed by atoms with Crippen LogP contribution in [0, 0.1) is 0 Å². The Bertz CT molecular complexity index is 712. The molecule has 0 aliphatic rings. The number of halogens is 1. The summed E-state index contributed by atoms with van der Waals surface area (Å²) in [5, 5.41) is 4.62. The maximum absolute atomic E-state index is 12.9. The Kier molecular flexibility index (Phi) is 5.76. The first-order chi connectivity index (χ1) is 11.1. The Morgan fingerprint density at radius 1 is 1.38 bits per heavy atom. The van der Waals surface area contributed by atoms with Gasteiger partial charge in [-0.05, 0) is 51.8 Å². The van der Waals surface area contributed by atoms with Crippen molar-refractivity contribution in [1.29, 1.82) is 0 Å². The average molecular weight is 368 g/mol. The van der Waals surface area contributed by atoms with Gasteiger partial charge in [-0.3, -0.25) is 9.48 Å². The van der Waals surface area contributed by atoms with Crippen molar-refractivity contribution in [2.45, 2.75) is 59.5 Å². The summed E-state index contributed by atoms with van der Waals surface area (Å²) in [6, 6.07) is 5.77. The van der Waals surface area contributed by atoms with E-state index in [2.05, 4.69) is 39.7 Å². The Morgan fingerprint density at radius 2 is 2.04 bits per heavy atom. The highest BCUT2D eigenvalue weighted by molar-refractivity contribution is 7.16. The highest BCUT2D eigenvalue weighted by Crippen LogP contribution is 2.26. The smallest absolute Gasteiger partial charge is 0.274 e. The van der Waals surface area contributed by atoms with Crippen LogP contribution in [-0.4, -0.2) is 27.1 Å². The standard InChI is InChI=1S/C18H26ClN3OS/c1-7-21(11-13-8-9-16(19)24-13)17(23)14-10-15(12(2)3)22(20-14)18(4,5)6/h8-10,12H,7,11H2,1-6H3. The monoisotopic (exact) mass is 367 g/mol. The first-order valence-corrected chi connectivity index (χ1v) is 9.46. The molecule has 0 bridgehead atoms. The van der Waals surface area contributed by atoms with Crippen LogP contribution < -0.4 is 0 Å². The molecule has 1 amide bonds. The Balaban J connectivity index is 2.30. The fourth-order valence-corrected chi connectivity index (χ4v) is 3.67. The lowest BCUT2D eigenvalue weighted by Crippen LogP contribution is -2.31. The number of carbonyl (C=O) groups is 1. The summed E-state index contributed by atoms with van der Waals surface area (Å²) in [5.74, 6) is 0.274. The van der Waals surface area contributed by atoms with Crippen LogP contribution in [0.25, 0.3) is 0 Å². The third-order valence-corrected chi connectivity index (χ3v) is 5.04. The molecule has 0 radical (unpaired) electrons. The van der Waals surface area contributed by atoms with E-state index in [0.29, 0.717) is 24.7 Å². The van der Waals surface area contributed by atoms with Crippen LogP contribution in [0.1, 0.15) is 68.5 Å². The summed E-state index contributed by atoms with van der Waals surface area (Å²) in [6.45, 7) is 13.7. The Morgan fingerprint density at radius 3 is 2.46 bits per heavy atom. The van der Waals surface area contributed by atoms with Gasteiger partial charge in [-0.25, -0.2) is 0 Å². The summed E-state index contributed by atoms with van der Waals surface area (Å²) in [6.07, 6.45) is 0.